The molecule has 2 aromatic rings. The molecule has 1 unspecified atom stereocenters. The van der Waals surface area contributed by atoms with Crippen molar-refractivity contribution in [3.63, 3.8) is 0 Å². The second-order valence-electron chi connectivity index (χ2n) is 7.67. The largest absolute Gasteiger partial charge is 0.378 e. The summed E-state index contributed by atoms with van der Waals surface area (Å²) < 4.78 is 5.64. The normalized spacial score (nSPS) is 20.9. The Hall–Kier alpha value is -1.98. The van der Waals surface area contributed by atoms with Crippen LogP contribution in [0.25, 0.3) is 11.4 Å². The molecule has 1 saturated heterocycles. The Morgan fingerprint density at radius 3 is 2.96 bits per heavy atom. The number of aromatic nitrogens is 2. The van der Waals surface area contributed by atoms with Gasteiger partial charge in [0.25, 0.3) is 5.56 Å². The Kier molecular flexibility index (Phi) is 5.69. The maximum absolute atomic E-state index is 12.7. The Morgan fingerprint density at radius 2 is 2.07 bits per heavy atom. The van der Waals surface area contributed by atoms with Crippen LogP contribution in [0.15, 0.2) is 29.1 Å². The van der Waals surface area contributed by atoms with E-state index in [0.29, 0.717) is 6.04 Å². The average Bonchev–Trinajstić information content (AvgIpc) is 2.95. The van der Waals surface area contributed by atoms with Crippen molar-refractivity contribution in [2.45, 2.75) is 58.0 Å². The molecule has 1 aliphatic carbocycles. The molecule has 1 aromatic heterocycles. The van der Waals surface area contributed by atoms with Crippen LogP contribution in [0.1, 0.15) is 49.4 Å². The van der Waals surface area contributed by atoms with Crippen molar-refractivity contribution in [1.29, 1.82) is 0 Å². The van der Waals surface area contributed by atoms with Crippen LogP contribution in [0.3, 0.4) is 0 Å². The highest BCUT2D eigenvalue weighted by atomic mass is 16.5. The third-order valence-corrected chi connectivity index (χ3v) is 5.91. The van der Waals surface area contributed by atoms with Crippen molar-refractivity contribution in [1.82, 2.24) is 14.9 Å². The Labute approximate surface area is 160 Å². The number of hydrogen-bond donors (Lipinski definition) is 1. The lowest BCUT2D eigenvalue weighted by atomic mass is 10.0. The molecular formula is C22H29N3O2. The highest BCUT2D eigenvalue weighted by Crippen LogP contribution is 2.25. The van der Waals surface area contributed by atoms with Crippen LogP contribution in [-0.2, 0) is 24.1 Å². The number of rotatable bonds is 4. The fourth-order valence-corrected chi connectivity index (χ4v) is 4.29. The van der Waals surface area contributed by atoms with E-state index in [2.05, 4.69) is 35.0 Å². The van der Waals surface area contributed by atoms with E-state index in [1.807, 2.05) is 6.07 Å². The minimum Gasteiger partial charge on any atom is -0.378 e. The predicted molar refractivity (Wildman–Crippen MR) is 107 cm³/mol. The number of aromatic amines is 1. The van der Waals surface area contributed by atoms with E-state index in [-0.39, 0.29) is 5.56 Å². The molecule has 144 valence electrons. The van der Waals surface area contributed by atoms with E-state index in [1.165, 1.54) is 12.0 Å². The van der Waals surface area contributed by atoms with Gasteiger partial charge in [-0.1, -0.05) is 37.6 Å². The van der Waals surface area contributed by atoms with Gasteiger partial charge in [0, 0.05) is 30.3 Å². The highest BCUT2D eigenvalue weighted by Gasteiger charge is 2.23. The van der Waals surface area contributed by atoms with Crippen molar-refractivity contribution in [2.24, 2.45) is 0 Å². The molecule has 1 aliphatic heterocycles. The van der Waals surface area contributed by atoms with Crippen molar-refractivity contribution in [2.75, 3.05) is 19.8 Å². The van der Waals surface area contributed by atoms with Crippen LogP contribution in [0, 0.1) is 0 Å². The minimum atomic E-state index is 0.0458. The summed E-state index contributed by atoms with van der Waals surface area (Å²) in [5, 5.41) is 0. The first-order valence-corrected chi connectivity index (χ1v) is 10.3. The molecule has 2 heterocycles. The Bertz CT molecular complexity index is 846. The summed E-state index contributed by atoms with van der Waals surface area (Å²) in [6.45, 7) is 5.60. The predicted octanol–water partition coefficient (Wildman–Crippen LogP) is 3.32. The Morgan fingerprint density at radius 1 is 1.22 bits per heavy atom. The van der Waals surface area contributed by atoms with Crippen LogP contribution in [0.4, 0.5) is 0 Å². The lowest BCUT2D eigenvalue weighted by molar-refractivity contribution is -0.0126. The fourth-order valence-electron chi connectivity index (χ4n) is 4.29. The lowest BCUT2D eigenvalue weighted by Gasteiger charge is -2.35. The highest BCUT2D eigenvalue weighted by molar-refractivity contribution is 5.60. The van der Waals surface area contributed by atoms with Crippen LogP contribution in [0.2, 0.25) is 0 Å². The Balaban J connectivity index is 1.68. The zero-order valence-corrected chi connectivity index (χ0v) is 16.2. The number of nitrogens with one attached hydrogen (secondary N) is 1. The van der Waals surface area contributed by atoms with Gasteiger partial charge in [-0.2, -0.15) is 0 Å². The van der Waals surface area contributed by atoms with Crippen LogP contribution in [-0.4, -0.2) is 40.7 Å². The maximum atomic E-state index is 12.7. The molecule has 27 heavy (non-hydrogen) atoms. The number of aryl methyl sites for hydroxylation is 1. The molecule has 1 N–H and O–H groups in total. The molecule has 0 radical (unpaired) electrons. The van der Waals surface area contributed by atoms with Crippen LogP contribution < -0.4 is 5.56 Å². The number of nitrogens with zero attached hydrogens (tertiary/aromatic N) is 2. The van der Waals surface area contributed by atoms with Crippen molar-refractivity contribution >= 4 is 0 Å². The molecule has 5 nitrogen and oxygen atoms in total. The molecule has 0 bridgehead atoms. The first-order chi connectivity index (χ1) is 13.3. The van der Waals surface area contributed by atoms with Crippen LogP contribution >= 0.6 is 0 Å². The SMILES string of the molecule is CCC1COCCN1Cc1ccccc1-c1nc2c(c(=O)[nH]1)CCCCC2. The summed E-state index contributed by atoms with van der Waals surface area (Å²) in [5.74, 6) is 0.720. The van der Waals surface area contributed by atoms with E-state index in [1.54, 1.807) is 0 Å². The zero-order valence-electron chi connectivity index (χ0n) is 16.2. The van der Waals surface area contributed by atoms with Crippen LogP contribution in [0.5, 0.6) is 0 Å². The van der Waals surface area contributed by atoms with Gasteiger partial charge in [0.15, 0.2) is 0 Å². The molecule has 2 aliphatic rings. The van der Waals surface area contributed by atoms with Crippen molar-refractivity contribution < 1.29 is 4.74 Å². The summed E-state index contributed by atoms with van der Waals surface area (Å²) in [6, 6.07) is 8.79. The third-order valence-electron chi connectivity index (χ3n) is 5.91. The second kappa shape index (κ2) is 8.36. The summed E-state index contributed by atoms with van der Waals surface area (Å²) in [6.07, 6.45) is 6.23. The molecule has 1 aromatic carbocycles. The number of benzene rings is 1. The maximum Gasteiger partial charge on any atom is 0.254 e. The van der Waals surface area contributed by atoms with Gasteiger partial charge in [-0.3, -0.25) is 9.69 Å². The molecular weight excluding hydrogens is 338 g/mol. The van der Waals surface area contributed by atoms with Crippen molar-refractivity contribution in [3.8, 4) is 11.4 Å². The number of ether oxygens (including phenoxy) is 1. The van der Waals surface area contributed by atoms with Gasteiger partial charge < -0.3 is 9.72 Å². The van der Waals surface area contributed by atoms with Gasteiger partial charge >= 0.3 is 0 Å². The minimum absolute atomic E-state index is 0.0458. The van der Waals surface area contributed by atoms with E-state index >= 15 is 0 Å². The average molecular weight is 367 g/mol. The number of H-pyrrole nitrogens is 1. The molecule has 0 spiro atoms. The first-order valence-electron chi connectivity index (χ1n) is 10.3. The molecule has 1 fully saturated rings. The molecule has 1 atom stereocenters. The van der Waals surface area contributed by atoms with E-state index in [0.717, 1.165) is 81.1 Å². The van der Waals surface area contributed by atoms with Gasteiger partial charge in [-0.05, 0) is 37.7 Å². The van der Waals surface area contributed by atoms with E-state index in [4.69, 9.17) is 9.72 Å². The second-order valence-corrected chi connectivity index (χ2v) is 7.67. The lowest BCUT2D eigenvalue weighted by Crippen LogP contribution is -2.44. The summed E-state index contributed by atoms with van der Waals surface area (Å²) in [4.78, 5) is 23.1. The van der Waals surface area contributed by atoms with Crippen molar-refractivity contribution in [3.05, 3.63) is 51.4 Å². The van der Waals surface area contributed by atoms with Gasteiger partial charge in [0.05, 0.1) is 18.9 Å². The number of morpholine rings is 1. The summed E-state index contributed by atoms with van der Waals surface area (Å²) in [7, 11) is 0. The van der Waals surface area contributed by atoms with Gasteiger partial charge in [0.2, 0.25) is 0 Å². The standard InChI is InChI=1S/C22H29N3O2/c1-2-17-15-27-13-12-25(17)14-16-8-6-7-9-18(16)21-23-20-11-5-3-4-10-19(20)22(26)24-21/h6-9,17H,2-5,10-15H2,1H3,(H,23,24,26). The topological polar surface area (TPSA) is 58.2 Å². The molecule has 4 rings (SSSR count). The smallest absolute Gasteiger partial charge is 0.254 e. The molecule has 0 saturated carbocycles. The fraction of sp³-hybridized carbons (Fsp3) is 0.545. The molecule has 0 amide bonds. The molecule has 5 heteroatoms. The van der Waals surface area contributed by atoms with Gasteiger partial charge in [-0.25, -0.2) is 4.98 Å². The van der Waals surface area contributed by atoms with E-state index in [9.17, 15) is 4.79 Å². The number of fused-ring (bicyclic) bond motifs is 1. The quantitative estimate of drug-likeness (QED) is 0.843. The monoisotopic (exact) mass is 367 g/mol. The number of hydrogen-bond acceptors (Lipinski definition) is 4. The zero-order chi connectivity index (χ0) is 18.6. The summed E-state index contributed by atoms with van der Waals surface area (Å²) >= 11 is 0. The summed E-state index contributed by atoms with van der Waals surface area (Å²) in [5.41, 5.74) is 4.20. The van der Waals surface area contributed by atoms with Gasteiger partial charge in [0.1, 0.15) is 5.82 Å². The first kappa shape index (κ1) is 18.4. The van der Waals surface area contributed by atoms with E-state index < -0.39 is 0 Å². The van der Waals surface area contributed by atoms with Gasteiger partial charge in [-0.15, -0.1) is 0 Å². The third kappa shape index (κ3) is 3.99.